The van der Waals surface area contributed by atoms with E-state index < -0.39 is 0 Å². The van der Waals surface area contributed by atoms with Gasteiger partial charge in [-0.2, -0.15) is 5.26 Å². The largest absolute Gasteiger partial charge is 0.459 e. The number of carbonyl (C=O) groups is 1. The normalized spacial score (nSPS) is 30.7. The van der Waals surface area contributed by atoms with E-state index in [2.05, 4.69) is 6.07 Å². The number of methoxy groups -OCH3 is 1. The number of rotatable bonds is 4. The first kappa shape index (κ1) is 14.1. The molecule has 0 saturated heterocycles. The number of nitrogens with zero attached hydrogens (tertiary/aromatic N) is 1. The SMILES string of the molecule is CO[C@@H]1CCC[C@@H]1OC(=O)[C@@H]1C[C@H]1c1cccc(C#N)c1. The van der Waals surface area contributed by atoms with Gasteiger partial charge >= 0.3 is 5.97 Å². The molecule has 0 unspecified atom stereocenters. The predicted octanol–water partition coefficient (Wildman–Crippen LogP) is 2.77. The van der Waals surface area contributed by atoms with Crippen LogP contribution in [0, 0.1) is 17.2 Å². The van der Waals surface area contributed by atoms with Gasteiger partial charge in [-0.25, -0.2) is 0 Å². The van der Waals surface area contributed by atoms with Gasteiger partial charge in [0.05, 0.1) is 23.7 Å². The van der Waals surface area contributed by atoms with Crippen LogP contribution in [0.2, 0.25) is 0 Å². The Bertz CT molecular complexity index is 578. The number of benzene rings is 1. The van der Waals surface area contributed by atoms with Gasteiger partial charge in [0.2, 0.25) is 0 Å². The number of carbonyl (C=O) groups excluding carboxylic acids is 1. The molecule has 110 valence electrons. The minimum absolute atomic E-state index is 0.0491. The fraction of sp³-hybridized carbons (Fsp3) is 0.529. The molecular weight excluding hydrogens is 266 g/mol. The number of esters is 1. The fourth-order valence-corrected chi connectivity index (χ4v) is 3.20. The lowest BCUT2D eigenvalue weighted by molar-refractivity contribution is -0.156. The Labute approximate surface area is 124 Å². The van der Waals surface area contributed by atoms with Crippen molar-refractivity contribution in [2.75, 3.05) is 7.11 Å². The Morgan fingerprint density at radius 1 is 1.33 bits per heavy atom. The second kappa shape index (κ2) is 5.87. The summed E-state index contributed by atoms with van der Waals surface area (Å²) < 4.78 is 11.0. The van der Waals surface area contributed by atoms with Crippen molar-refractivity contribution >= 4 is 5.97 Å². The summed E-state index contributed by atoms with van der Waals surface area (Å²) in [7, 11) is 1.67. The van der Waals surface area contributed by atoms with E-state index in [9.17, 15) is 4.79 Å². The van der Waals surface area contributed by atoms with Crippen molar-refractivity contribution in [3.63, 3.8) is 0 Å². The third-order valence-corrected chi connectivity index (χ3v) is 4.50. The van der Waals surface area contributed by atoms with Gasteiger partial charge in [-0.1, -0.05) is 12.1 Å². The number of hydrogen-bond donors (Lipinski definition) is 0. The van der Waals surface area contributed by atoms with Crippen LogP contribution in [0.3, 0.4) is 0 Å². The summed E-state index contributed by atoms with van der Waals surface area (Å²) >= 11 is 0. The summed E-state index contributed by atoms with van der Waals surface area (Å²) in [5, 5.41) is 8.93. The number of ether oxygens (including phenoxy) is 2. The molecule has 4 nitrogen and oxygen atoms in total. The van der Waals surface area contributed by atoms with Crippen LogP contribution >= 0.6 is 0 Å². The highest BCUT2D eigenvalue weighted by atomic mass is 16.6. The lowest BCUT2D eigenvalue weighted by atomic mass is 10.1. The molecule has 0 N–H and O–H groups in total. The smallest absolute Gasteiger partial charge is 0.309 e. The first-order valence-corrected chi connectivity index (χ1v) is 7.46. The van der Waals surface area contributed by atoms with Crippen LogP contribution in [0.4, 0.5) is 0 Å². The Morgan fingerprint density at radius 2 is 2.14 bits per heavy atom. The Kier molecular flexibility index (Phi) is 3.94. The molecule has 2 aliphatic carbocycles. The lowest BCUT2D eigenvalue weighted by Crippen LogP contribution is -2.28. The number of hydrogen-bond acceptors (Lipinski definition) is 4. The van der Waals surface area contributed by atoms with Crippen molar-refractivity contribution in [2.24, 2.45) is 5.92 Å². The van der Waals surface area contributed by atoms with Crippen molar-refractivity contribution in [2.45, 2.75) is 43.8 Å². The zero-order chi connectivity index (χ0) is 14.8. The molecule has 1 aromatic rings. The van der Waals surface area contributed by atoms with Gasteiger partial charge in [-0.3, -0.25) is 4.79 Å². The molecule has 4 atom stereocenters. The van der Waals surface area contributed by atoms with Crippen molar-refractivity contribution in [1.82, 2.24) is 0 Å². The van der Waals surface area contributed by atoms with E-state index in [1.807, 2.05) is 18.2 Å². The van der Waals surface area contributed by atoms with Gasteiger partial charge in [0.15, 0.2) is 0 Å². The minimum Gasteiger partial charge on any atom is -0.459 e. The van der Waals surface area contributed by atoms with Gasteiger partial charge in [0.25, 0.3) is 0 Å². The summed E-state index contributed by atoms with van der Waals surface area (Å²) in [6, 6.07) is 9.62. The van der Waals surface area contributed by atoms with E-state index >= 15 is 0 Å². The Balaban J connectivity index is 1.59. The van der Waals surface area contributed by atoms with Gasteiger partial charge in [-0.05, 0) is 49.3 Å². The van der Waals surface area contributed by atoms with Crippen LogP contribution in [0.5, 0.6) is 0 Å². The van der Waals surface area contributed by atoms with Crippen LogP contribution in [0.25, 0.3) is 0 Å². The molecular formula is C17H19NO3. The molecule has 4 heteroatoms. The monoisotopic (exact) mass is 285 g/mol. The predicted molar refractivity (Wildman–Crippen MR) is 76.5 cm³/mol. The minimum atomic E-state index is -0.115. The molecule has 2 fully saturated rings. The summed E-state index contributed by atoms with van der Waals surface area (Å²) in [5.41, 5.74) is 1.70. The van der Waals surface area contributed by atoms with Crippen molar-refractivity contribution < 1.29 is 14.3 Å². The van der Waals surface area contributed by atoms with E-state index in [1.54, 1.807) is 13.2 Å². The molecule has 0 aromatic heterocycles. The molecule has 0 radical (unpaired) electrons. The van der Waals surface area contributed by atoms with Gasteiger partial charge in [0.1, 0.15) is 6.10 Å². The average molecular weight is 285 g/mol. The van der Waals surface area contributed by atoms with Gasteiger partial charge < -0.3 is 9.47 Å². The third-order valence-electron chi connectivity index (χ3n) is 4.50. The average Bonchev–Trinajstić information content (AvgIpc) is 3.21. The van der Waals surface area contributed by atoms with E-state index in [4.69, 9.17) is 14.7 Å². The molecule has 3 rings (SSSR count). The third kappa shape index (κ3) is 2.93. The molecule has 0 bridgehead atoms. The van der Waals surface area contributed by atoms with Crippen molar-refractivity contribution in [1.29, 1.82) is 5.26 Å². The summed E-state index contributed by atoms with van der Waals surface area (Å²) in [6.45, 7) is 0. The maximum absolute atomic E-state index is 12.2. The lowest BCUT2D eigenvalue weighted by Gasteiger charge is -2.18. The molecule has 0 amide bonds. The van der Waals surface area contributed by atoms with Crippen LogP contribution in [0.15, 0.2) is 24.3 Å². The molecule has 2 saturated carbocycles. The molecule has 1 aromatic carbocycles. The second-order valence-electron chi connectivity index (χ2n) is 5.87. The zero-order valence-electron chi connectivity index (χ0n) is 12.1. The van der Waals surface area contributed by atoms with Crippen LogP contribution in [0.1, 0.15) is 42.7 Å². The summed E-state index contributed by atoms with van der Waals surface area (Å²) in [6.07, 6.45) is 3.69. The maximum Gasteiger partial charge on any atom is 0.309 e. The first-order chi connectivity index (χ1) is 10.2. The molecule has 0 heterocycles. The van der Waals surface area contributed by atoms with Crippen LogP contribution < -0.4 is 0 Å². The fourth-order valence-electron chi connectivity index (χ4n) is 3.20. The molecule has 21 heavy (non-hydrogen) atoms. The molecule has 2 aliphatic rings. The summed E-state index contributed by atoms with van der Waals surface area (Å²) in [5.74, 6) is 0.0292. The zero-order valence-corrected chi connectivity index (χ0v) is 12.1. The van der Waals surface area contributed by atoms with Gasteiger partial charge in [0, 0.05) is 7.11 Å². The van der Waals surface area contributed by atoms with Crippen molar-refractivity contribution in [3.05, 3.63) is 35.4 Å². The van der Waals surface area contributed by atoms with E-state index in [0.717, 1.165) is 31.2 Å². The van der Waals surface area contributed by atoms with E-state index in [0.29, 0.717) is 5.56 Å². The maximum atomic E-state index is 12.2. The van der Waals surface area contributed by atoms with E-state index in [1.165, 1.54) is 0 Å². The second-order valence-corrected chi connectivity index (χ2v) is 5.87. The topological polar surface area (TPSA) is 59.3 Å². The van der Waals surface area contributed by atoms with E-state index in [-0.39, 0.29) is 30.0 Å². The Hall–Kier alpha value is -1.86. The van der Waals surface area contributed by atoms with Crippen LogP contribution in [-0.2, 0) is 14.3 Å². The highest BCUT2D eigenvalue weighted by molar-refractivity contribution is 5.77. The highest BCUT2D eigenvalue weighted by Crippen LogP contribution is 2.48. The molecule has 0 aliphatic heterocycles. The Morgan fingerprint density at radius 3 is 2.90 bits per heavy atom. The summed E-state index contributed by atoms with van der Waals surface area (Å²) in [4.78, 5) is 12.2. The standard InChI is InChI=1S/C17H19NO3/c1-20-15-6-3-7-16(15)21-17(19)14-9-13(14)12-5-2-4-11(8-12)10-18/h2,4-5,8,13-16H,3,6-7,9H2,1H3/t13-,14+,15+,16-/m0/s1. The first-order valence-electron chi connectivity index (χ1n) is 7.46. The van der Waals surface area contributed by atoms with Crippen LogP contribution in [-0.4, -0.2) is 25.3 Å². The highest BCUT2D eigenvalue weighted by Gasteiger charge is 2.46. The quantitative estimate of drug-likeness (QED) is 0.798. The number of nitriles is 1. The van der Waals surface area contributed by atoms with Gasteiger partial charge in [-0.15, -0.1) is 0 Å². The van der Waals surface area contributed by atoms with Crippen molar-refractivity contribution in [3.8, 4) is 6.07 Å². The molecule has 0 spiro atoms.